The molecule has 3 aromatic rings. The molecular weight excluding hydrogens is 401 g/mol. The minimum Gasteiger partial charge on any atom is -0.296 e. The van der Waals surface area contributed by atoms with Crippen molar-refractivity contribution >= 4 is 27.3 Å². The highest BCUT2D eigenvalue weighted by molar-refractivity contribution is 7.18. The molecule has 0 saturated carbocycles. The van der Waals surface area contributed by atoms with Gasteiger partial charge in [0.25, 0.3) is 5.56 Å². The minimum absolute atomic E-state index is 0.0683. The maximum absolute atomic E-state index is 13.6. The monoisotopic (exact) mass is 425 g/mol. The van der Waals surface area contributed by atoms with Crippen LogP contribution in [0.4, 0.5) is 4.39 Å². The highest BCUT2D eigenvalue weighted by atomic mass is 32.1. The van der Waals surface area contributed by atoms with Gasteiger partial charge >= 0.3 is 0 Å². The molecule has 0 amide bonds. The number of aromatic nitrogens is 2. The molecule has 0 unspecified atom stereocenters. The molecule has 5 rings (SSSR count). The van der Waals surface area contributed by atoms with Crippen molar-refractivity contribution in [3.8, 4) is 0 Å². The summed E-state index contributed by atoms with van der Waals surface area (Å²) >= 11 is 1.64. The van der Waals surface area contributed by atoms with Crippen LogP contribution in [0.1, 0.15) is 52.3 Å². The summed E-state index contributed by atoms with van der Waals surface area (Å²) in [5, 5.41) is 0.701. The lowest BCUT2D eigenvalue weighted by molar-refractivity contribution is 0.0968. The molecule has 0 radical (unpaired) electrons. The van der Waals surface area contributed by atoms with Gasteiger partial charge in [-0.15, -0.1) is 11.3 Å². The number of ketones is 1. The smallest absolute Gasteiger partial charge is 0.263 e. The van der Waals surface area contributed by atoms with Crippen molar-refractivity contribution in [1.29, 1.82) is 0 Å². The number of halogens is 1. The number of benzene rings is 1. The lowest BCUT2D eigenvalue weighted by Gasteiger charge is -2.18. The molecule has 156 valence electrons. The Morgan fingerprint density at radius 3 is 2.57 bits per heavy atom. The van der Waals surface area contributed by atoms with E-state index in [0.717, 1.165) is 62.0 Å². The zero-order chi connectivity index (χ0) is 20.7. The first kappa shape index (κ1) is 19.6. The number of rotatable bonds is 5. The van der Waals surface area contributed by atoms with Gasteiger partial charge in [-0.25, -0.2) is 9.37 Å². The fourth-order valence-electron chi connectivity index (χ4n) is 4.58. The van der Waals surface area contributed by atoms with Crippen LogP contribution in [-0.4, -0.2) is 33.3 Å². The lowest BCUT2D eigenvalue weighted by Crippen LogP contribution is -2.32. The number of carbonyl (C=O) groups is 1. The van der Waals surface area contributed by atoms with Crippen LogP contribution in [0.25, 0.3) is 10.2 Å². The second-order valence-electron chi connectivity index (χ2n) is 8.22. The van der Waals surface area contributed by atoms with Crippen LogP contribution >= 0.6 is 11.3 Å². The third kappa shape index (κ3) is 3.61. The second-order valence-corrected chi connectivity index (χ2v) is 9.31. The summed E-state index contributed by atoms with van der Waals surface area (Å²) < 4.78 is 14.8. The van der Waals surface area contributed by atoms with E-state index in [2.05, 4.69) is 4.90 Å². The molecule has 0 spiro atoms. The van der Waals surface area contributed by atoms with Crippen molar-refractivity contribution in [1.82, 2.24) is 14.5 Å². The zero-order valence-corrected chi connectivity index (χ0v) is 17.6. The van der Waals surface area contributed by atoms with E-state index in [1.807, 2.05) is 0 Å². The lowest BCUT2D eigenvalue weighted by atomic mass is 9.97. The van der Waals surface area contributed by atoms with Crippen molar-refractivity contribution in [2.45, 2.75) is 51.6 Å². The van der Waals surface area contributed by atoms with Gasteiger partial charge in [0.15, 0.2) is 5.78 Å². The van der Waals surface area contributed by atoms with Gasteiger partial charge in [0, 0.05) is 10.4 Å². The van der Waals surface area contributed by atoms with Crippen LogP contribution in [-0.2, 0) is 25.9 Å². The van der Waals surface area contributed by atoms with E-state index in [9.17, 15) is 14.0 Å². The third-order valence-corrected chi connectivity index (χ3v) is 7.37. The van der Waals surface area contributed by atoms with Crippen LogP contribution in [0, 0.1) is 5.82 Å². The van der Waals surface area contributed by atoms with Gasteiger partial charge in [-0.2, -0.15) is 0 Å². The standard InChI is InChI=1S/C23H24FN3O2S/c24-16-9-7-15(8-10-16)18(28)13-27-20(14-26-11-3-4-12-26)25-22-21(23(27)29)17-5-1-2-6-19(17)30-22/h7-10H,1-6,11-14H2. The maximum atomic E-state index is 13.6. The molecule has 0 atom stereocenters. The van der Waals surface area contributed by atoms with Crippen molar-refractivity contribution < 1.29 is 9.18 Å². The Morgan fingerprint density at radius 2 is 1.80 bits per heavy atom. The maximum Gasteiger partial charge on any atom is 0.263 e. The van der Waals surface area contributed by atoms with Crippen LogP contribution in [0.5, 0.6) is 0 Å². The highest BCUT2D eigenvalue weighted by Gasteiger charge is 2.24. The second kappa shape index (κ2) is 8.04. The number of likely N-dealkylation sites (tertiary alicyclic amines) is 1. The van der Waals surface area contributed by atoms with Crippen molar-refractivity contribution in [3.63, 3.8) is 0 Å². The molecule has 1 saturated heterocycles. The Balaban J connectivity index is 1.59. The van der Waals surface area contributed by atoms with Gasteiger partial charge in [-0.05, 0) is 81.4 Å². The van der Waals surface area contributed by atoms with Crippen LogP contribution in [0.2, 0.25) is 0 Å². The molecule has 1 fully saturated rings. The van der Waals surface area contributed by atoms with E-state index in [0.29, 0.717) is 23.3 Å². The zero-order valence-electron chi connectivity index (χ0n) is 16.8. The molecule has 2 aromatic heterocycles. The van der Waals surface area contributed by atoms with Gasteiger partial charge in [-0.3, -0.25) is 19.1 Å². The number of hydrogen-bond acceptors (Lipinski definition) is 5. The van der Waals surface area contributed by atoms with Gasteiger partial charge in [0.2, 0.25) is 0 Å². The SMILES string of the molecule is O=C(Cn1c(CN2CCCC2)nc2sc3c(c2c1=O)CCCC3)c1ccc(F)cc1. The normalized spacial score (nSPS) is 16.8. The molecule has 1 aliphatic carbocycles. The molecule has 3 heterocycles. The number of carbonyl (C=O) groups excluding carboxylic acids is 1. The fraction of sp³-hybridized carbons (Fsp3) is 0.435. The summed E-state index contributed by atoms with van der Waals surface area (Å²) in [5.41, 5.74) is 1.43. The average molecular weight is 426 g/mol. The molecule has 0 bridgehead atoms. The molecule has 1 aliphatic heterocycles. The van der Waals surface area contributed by atoms with E-state index in [-0.39, 0.29) is 23.7 Å². The van der Waals surface area contributed by atoms with Gasteiger partial charge in [-0.1, -0.05) is 0 Å². The first-order valence-corrected chi connectivity index (χ1v) is 11.5. The Kier molecular flexibility index (Phi) is 5.25. The van der Waals surface area contributed by atoms with Crippen LogP contribution in [0.3, 0.4) is 0 Å². The van der Waals surface area contributed by atoms with Crippen molar-refractivity contribution in [3.05, 3.63) is 62.3 Å². The predicted octanol–water partition coefficient (Wildman–Crippen LogP) is 3.95. The third-order valence-electron chi connectivity index (χ3n) is 6.19. The number of thiophene rings is 1. The van der Waals surface area contributed by atoms with Gasteiger partial charge in [0.1, 0.15) is 16.5 Å². The summed E-state index contributed by atoms with van der Waals surface area (Å²) in [5.74, 6) is 0.0694. The number of fused-ring (bicyclic) bond motifs is 3. The molecule has 2 aliphatic rings. The molecule has 1 aromatic carbocycles. The van der Waals surface area contributed by atoms with Gasteiger partial charge < -0.3 is 0 Å². The van der Waals surface area contributed by atoms with Crippen molar-refractivity contribution in [2.24, 2.45) is 0 Å². The summed E-state index contributed by atoms with van der Waals surface area (Å²) in [6, 6.07) is 5.50. The van der Waals surface area contributed by atoms with Crippen LogP contribution in [0.15, 0.2) is 29.1 Å². The molecule has 0 N–H and O–H groups in total. The Bertz CT molecular complexity index is 1160. The number of aryl methyl sites for hydroxylation is 2. The van der Waals surface area contributed by atoms with E-state index in [1.165, 1.54) is 29.1 Å². The van der Waals surface area contributed by atoms with E-state index in [4.69, 9.17) is 4.98 Å². The number of Topliss-reactive ketones (excluding diaryl/α,β-unsaturated/α-hetero) is 1. The first-order valence-electron chi connectivity index (χ1n) is 10.7. The number of nitrogens with zero attached hydrogens (tertiary/aromatic N) is 3. The summed E-state index contributed by atoms with van der Waals surface area (Å²) in [6.07, 6.45) is 6.44. The molecular formula is C23H24FN3O2S. The Morgan fingerprint density at radius 1 is 1.07 bits per heavy atom. The summed E-state index contributed by atoms with van der Waals surface area (Å²) in [7, 11) is 0. The minimum atomic E-state index is -0.383. The summed E-state index contributed by atoms with van der Waals surface area (Å²) in [4.78, 5) is 35.8. The topological polar surface area (TPSA) is 55.2 Å². The first-order chi connectivity index (χ1) is 14.6. The largest absolute Gasteiger partial charge is 0.296 e. The Labute approximate surface area is 178 Å². The molecule has 30 heavy (non-hydrogen) atoms. The predicted molar refractivity (Wildman–Crippen MR) is 116 cm³/mol. The van der Waals surface area contributed by atoms with Gasteiger partial charge in [0.05, 0.1) is 18.5 Å². The Hall–Kier alpha value is -2.38. The van der Waals surface area contributed by atoms with Crippen LogP contribution < -0.4 is 5.56 Å². The summed E-state index contributed by atoms with van der Waals surface area (Å²) in [6.45, 7) is 2.48. The fourth-order valence-corrected chi connectivity index (χ4v) is 5.85. The highest BCUT2D eigenvalue weighted by Crippen LogP contribution is 2.34. The van der Waals surface area contributed by atoms with E-state index >= 15 is 0 Å². The van der Waals surface area contributed by atoms with E-state index < -0.39 is 0 Å². The molecule has 7 heteroatoms. The number of hydrogen-bond donors (Lipinski definition) is 0. The molecule has 5 nitrogen and oxygen atoms in total. The van der Waals surface area contributed by atoms with E-state index in [1.54, 1.807) is 15.9 Å². The average Bonchev–Trinajstić information content (AvgIpc) is 3.38. The van der Waals surface area contributed by atoms with Crippen molar-refractivity contribution in [2.75, 3.05) is 13.1 Å². The quantitative estimate of drug-likeness (QED) is 0.581.